The molecule has 0 spiro atoms. The summed E-state index contributed by atoms with van der Waals surface area (Å²) in [7, 11) is -2.10. The zero-order valence-electron chi connectivity index (χ0n) is 21.8. The fraction of sp³-hybridized carbons (Fsp3) is 0.250. The summed E-state index contributed by atoms with van der Waals surface area (Å²) in [5.74, 6) is 0. The van der Waals surface area contributed by atoms with Crippen molar-refractivity contribution < 1.29 is 13.6 Å². The number of hydrogen-bond acceptors (Lipinski definition) is 5. The maximum atomic E-state index is 12.2. The van der Waals surface area contributed by atoms with E-state index >= 15 is 0 Å². The molecule has 0 atom stereocenters. The van der Waals surface area contributed by atoms with E-state index in [1.807, 2.05) is 24.3 Å². The summed E-state index contributed by atoms with van der Waals surface area (Å²) >= 11 is 0. The van der Waals surface area contributed by atoms with Crippen LogP contribution in [-0.4, -0.2) is 26.3 Å². The van der Waals surface area contributed by atoms with Gasteiger partial charge in [0, 0.05) is 40.4 Å². The van der Waals surface area contributed by atoms with Crippen LogP contribution in [0.25, 0.3) is 0 Å². The van der Waals surface area contributed by atoms with Crippen molar-refractivity contribution in [3.63, 3.8) is 0 Å². The molecule has 0 heterocycles. The van der Waals surface area contributed by atoms with Gasteiger partial charge in [0.2, 0.25) is 0 Å². The van der Waals surface area contributed by atoms with E-state index in [0.717, 1.165) is 61.5 Å². The zero-order valence-corrected chi connectivity index (χ0v) is 22.7. The third-order valence-electron chi connectivity index (χ3n) is 6.22. The fourth-order valence-corrected chi connectivity index (χ4v) is 4.94. The lowest BCUT2D eigenvalue weighted by molar-refractivity contribution is 0.220. The van der Waals surface area contributed by atoms with Crippen LogP contribution < -0.4 is 9.80 Å². The first kappa shape index (κ1) is 27.5. The highest BCUT2D eigenvalue weighted by atomic mass is 31.1. The maximum Gasteiger partial charge on any atom is 0.697 e. The summed E-state index contributed by atoms with van der Waals surface area (Å²) in [5, 5.41) is 0. The van der Waals surface area contributed by atoms with E-state index in [0.29, 0.717) is 13.2 Å². The normalized spacial score (nSPS) is 10.7. The molecular weight excluding hydrogens is 491 g/mol. The lowest BCUT2D eigenvalue weighted by Gasteiger charge is -2.25. The van der Waals surface area contributed by atoms with E-state index in [-0.39, 0.29) is 0 Å². The van der Waals surface area contributed by atoms with Crippen LogP contribution in [0, 0.1) is 0 Å². The molecule has 6 heteroatoms. The minimum Gasteiger partial charge on any atom is -0.341 e. The van der Waals surface area contributed by atoms with E-state index in [4.69, 9.17) is 9.05 Å². The van der Waals surface area contributed by atoms with Crippen LogP contribution in [0.1, 0.15) is 25.7 Å². The first-order valence-corrected chi connectivity index (χ1v) is 14.4. The lowest BCUT2D eigenvalue weighted by atomic mass is 10.2. The Morgan fingerprint density at radius 1 is 0.447 bits per heavy atom. The minimum absolute atomic E-state index is 0.419. The van der Waals surface area contributed by atoms with Gasteiger partial charge >= 0.3 is 8.25 Å². The summed E-state index contributed by atoms with van der Waals surface area (Å²) in [4.78, 5) is 4.59. The van der Waals surface area contributed by atoms with Gasteiger partial charge in [0.15, 0.2) is 0 Å². The molecule has 0 aliphatic rings. The molecule has 0 saturated heterocycles. The second-order valence-electron chi connectivity index (χ2n) is 8.95. The van der Waals surface area contributed by atoms with Crippen LogP contribution in [0.2, 0.25) is 0 Å². The Hall–Kier alpha value is -3.50. The van der Waals surface area contributed by atoms with Gasteiger partial charge in [-0.05, 0) is 74.2 Å². The molecule has 4 aromatic carbocycles. The second kappa shape index (κ2) is 15.7. The van der Waals surface area contributed by atoms with Crippen LogP contribution in [-0.2, 0) is 13.6 Å². The van der Waals surface area contributed by atoms with Gasteiger partial charge in [0.25, 0.3) is 0 Å². The summed E-state index contributed by atoms with van der Waals surface area (Å²) < 4.78 is 23.1. The topological polar surface area (TPSA) is 42.0 Å². The monoisotopic (exact) mass is 527 g/mol. The lowest BCUT2D eigenvalue weighted by Crippen LogP contribution is -2.18. The maximum absolute atomic E-state index is 12.2. The Kier molecular flexibility index (Phi) is 11.4. The molecule has 196 valence electrons. The summed E-state index contributed by atoms with van der Waals surface area (Å²) in [6.45, 7) is 2.55. The van der Waals surface area contributed by atoms with E-state index in [1.165, 1.54) is 0 Å². The average Bonchev–Trinajstić information content (AvgIpc) is 2.98. The highest BCUT2D eigenvalue weighted by Crippen LogP contribution is 2.28. The number of anilines is 4. The van der Waals surface area contributed by atoms with Crippen LogP contribution in [0.5, 0.6) is 0 Å². The third-order valence-corrected chi connectivity index (χ3v) is 7.00. The van der Waals surface area contributed by atoms with Crippen molar-refractivity contribution in [1.82, 2.24) is 0 Å². The predicted molar refractivity (Wildman–Crippen MR) is 158 cm³/mol. The highest BCUT2D eigenvalue weighted by Gasteiger charge is 2.20. The zero-order chi connectivity index (χ0) is 26.3. The van der Waals surface area contributed by atoms with Gasteiger partial charge in [-0.3, -0.25) is 0 Å². The van der Waals surface area contributed by atoms with Gasteiger partial charge in [0.1, 0.15) is 13.2 Å². The van der Waals surface area contributed by atoms with Crippen LogP contribution in [0.3, 0.4) is 0 Å². The Labute approximate surface area is 227 Å². The third kappa shape index (κ3) is 8.81. The van der Waals surface area contributed by atoms with Gasteiger partial charge in [-0.2, -0.15) is 0 Å². The SMILES string of the molecule is O=[P+](OCCCCN(c1ccccc1)c1ccccc1)OCCCCN(c1ccccc1)c1ccccc1. The smallest absolute Gasteiger partial charge is 0.341 e. The van der Waals surface area contributed by atoms with Gasteiger partial charge in [-0.15, -0.1) is 9.05 Å². The average molecular weight is 528 g/mol. The molecule has 0 fully saturated rings. The molecule has 0 aliphatic carbocycles. The number of benzene rings is 4. The van der Waals surface area contributed by atoms with Crippen molar-refractivity contribution in [1.29, 1.82) is 0 Å². The van der Waals surface area contributed by atoms with Gasteiger partial charge in [-0.1, -0.05) is 72.8 Å². The standard InChI is InChI=1S/C32H36N2O3P/c35-38(36-27-15-13-25-33(29-17-5-1-6-18-29)30-19-7-2-8-20-30)37-28-16-14-26-34(31-21-9-3-10-22-31)32-23-11-4-12-24-32/h1-12,17-24H,13-16,25-28H2/q+1. The second-order valence-corrected chi connectivity index (χ2v) is 9.91. The Morgan fingerprint density at radius 2 is 0.737 bits per heavy atom. The number of unbranched alkanes of at least 4 members (excludes halogenated alkanes) is 2. The molecule has 0 bridgehead atoms. The molecule has 0 amide bonds. The number of hydrogen-bond donors (Lipinski definition) is 0. The Bertz CT molecular complexity index is 1020. The number of nitrogens with zero attached hydrogens (tertiary/aromatic N) is 2. The predicted octanol–water partition coefficient (Wildman–Crippen LogP) is 8.91. The van der Waals surface area contributed by atoms with Crippen LogP contribution in [0.15, 0.2) is 121 Å². The summed E-state index contributed by atoms with van der Waals surface area (Å²) in [5.41, 5.74) is 4.64. The van der Waals surface area contributed by atoms with Crippen molar-refractivity contribution in [3.8, 4) is 0 Å². The molecule has 0 aliphatic heterocycles. The minimum atomic E-state index is -2.10. The Balaban J connectivity index is 1.13. The highest BCUT2D eigenvalue weighted by molar-refractivity contribution is 7.33. The molecule has 0 unspecified atom stereocenters. The van der Waals surface area contributed by atoms with Crippen LogP contribution in [0.4, 0.5) is 22.7 Å². The molecular formula is C32H36N2O3P+. The van der Waals surface area contributed by atoms with E-state index in [9.17, 15) is 4.57 Å². The largest absolute Gasteiger partial charge is 0.697 e. The Morgan fingerprint density at radius 3 is 1.03 bits per heavy atom. The first-order valence-electron chi connectivity index (χ1n) is 13.3. The molecule has 5 nitrogen and oxygen atoms in total. The molecule has 4 rings (SSSR count). The van der Waals surface area contributed by atoms with E-state index in [2.05, 4.69) is 107 Å². The van der Waals surface area contributed by atoms with E-state index in [1.54, 1.807) is 0 Å². The number of para-hydroxylation sites is 4. The van der Waals surface area contributed by atoms with Crippen molar-refractivity contribution in [2.24, 2.45) is 0 Å². The van der Waals surface area contributed by atoms with Crippen molar-refractivity contribution in [2.75, 3.05) is 36.1 Å². The van der Waals surface area contributed by atoms with Gasteiger partial charge in [0.05, 0.1) is 0 Å². The summed E-state index contributed by atoms with van der Waals surface area (Å²) in [6, 6.07) is 41.5. The molecule has 0 radical (unpaired) electrons. The fourth-order valence-electron chi connectivity index (χ4n) is 4.31. The van der Waals surface area contributed by atoms with Crippen molar-refractivity contribution in [2.45, 2.75) is 25.7 Å². The number of rotatable bonds is 16. The van der Waals surface area contributed by atoms with Crippen molar-refractivity contribution >= 4 is 31.0 Å². The van der Waals surface area contributed by atoms with Gasteiger partial charge < -0.3 is 9.80 Å². The summed E-state index contributed by atoms with van der Waals surface area (Å²) in [6.07, 6.45) is 3.46. The first-order chi connectivity index (χ1) is 18.8. The molecule has 0 N–H and O–H groups in total. The van der Waals surface area contributed by atoms with E-state index < -0.39 is 8.25 Å². The van der Waals surface area contributed by atoms with Gasteiger partial charge in [-0.25, -0.2) is 0 Å². The van der Waals surface area contributed by atoms with Crippen molar-refractivity contribution in [3.05, 3.63) is 121 Å². The molecule has 4 aromatic rings. The molecule has 38 heavy (non-hydrogen) atoms. The molecule has 0 saturated carbocycles. The molecule has 0 aromatic heterocycles. The van der Waals surface area contributed by atoms with Crippen LogP contribution >= 0.6 is 8.25 Å². The quantitative estimate of drug-likeness (QED) is 0.107.